The lowest BCUT2D eigenvalue weighted by atomic mass is 10.2. The molecule has 6 heteroatoms. The SMILES string of the molecule is O=C(NCc1ccnc(N2CCCC2)c1)NCc1cccs1. The van der Waals surface area contributed by atoms with Gasteiger partial charge in [-0.25, -0.2) is 9.78 Å². The summed E-state index contributed by atoms with van der Waals surface area (Å²) in [7, 11) is 0. The van der Waals surface area contributed by atoms with E-state index in [9.17, 15) is 4.79 Å². The van der Waals surface area contributed by atoms with Gasteiger partial charge in [-0.1, -0.05) is 6.07 Å². The summed E-state index contributed by atoms with van der Waals surface area (Å²) in [6.45, 7) is 3.23. The zero-order valence-corrected chi connectivity index (χ0v) is 13.2. The highest BCUT2D eigenvalue weighted by atomic mass is 32.1. The molecule has 0 atom stereocenters. The average molecular weight is 316 g/mol. The molecular formula is C16H20N4OS. The van der Waals surface area contributed by atoms with E-state index in [1.54, 1.807) is 11.3 Å². The van der Waals surface area contributed by atoms with Crippen LogP contribution >= 0.6 is 11.3 Å². The Morgan fingerprint density at radius 2 is 2.05 bits per heavy atom. The number of rotatable bonds is 5. The Hall–Kier alpha value is -2.08. The molecule has 116 valence electrons. The van der Waals surface area contributed by atoms with Crippen molar-refractivity contribution in [2.45, 2.75) is 25.9 Å². The van der Waals surface area contributed by atoms with E-state index < -0.39 is 0 Å². The molecule has 0 spiro atoms. The molecule has 2 amide bonds. The first-order valence-corrected chi connectivity index (χ1v) is 8.43. The van der Waals surface area contributed by atoms with Crippen LogP contribution in [0.4, 0.5) is 10.6 Å². The lowest BCUT2D eigenvalue weighted by Gasteiger charge is -2.17. The Bertz CT molecular complexity index is 608. The standard InChI is InChI=1S/C16H20N4OS/c21-16(19-12-14-4-3-9-22-14)18-11-13-5-6-17-15(10-13)20-7-1-2-8-20/h3-6,9-10H,1-2,7-8,11-12H2,(H2,18,19,21). The molecule has 3 rings (SSSR count). The van der Waals surface area contributed by atoms with Gasteiger partial charge in [-0.05, 0) is 42.0 Å². The van der Waals surface area contributed by atoms with Crippen LogP contribution in [0.1, 0.15) is 23.3 Å². The van der Waals surface area contributed by atoms with E-state index in [4.69, 9.17) is 0 Å². The maximum atomic E-state index is 11.8. The molecule has 2 N–H and O–H groups in total. The summed E-state index contributed by atoms with van der Waals surface area (Å²) in [6, 6.07) is 7.85. The highest BCUT2D eigenvalue weighted by Crippen LogP contribution is 2.18. The van der Waals surface area contributed by atoms with Crippen molar-refractivity contribution in [1.82, 2.24) is 15.6 Å². The van der Waals surface area contributed by atoms with E-state index in [0.29, 0.717) is 13.1 Å². The summed E-state index contributed by atoms with van der Waals surface area (Å²) in [5.41, 5.74) is 1.07. The van der Waals surface area contributed by atoms with Gasteiger partial charge in [-0.15, -0.1) is 11.3 Å². The number of amides is 2. The molecule has 1 aliphatic rings. The third kappa shape index (κ3) is 3.98. The van der Waals surface area contributed by atoms with Crippen molar-refractivity contribution in [2.75, 3.05) is 18.0 Å². The van der Waals surface area contributed by atoms with Crippen LogP contribution in [-0.2, 0) is 13.1 Å². The van der Waals surface area contributed by atoms with Crippen LogP contribution in [0.15, 0.2) is 35.8 Å². The van der Waals surface area contributed by atoms with Gasteiger partial charge >= 0.3 is 6.03 Å². The Balaban J connectivity index is 1.48. The fourth-order valence-corrected chi connectivity index (χ4v) is 3.16. The number of thiophene rings is 1. The monoisotopic (exact) mass is 316 g/mol. The molecule has 2 aromatic heterocycles. The van der Waals surface area contributed by atoms with Gasteiger partial charge < -0.3 is 15.5 Å². The number of pyridine rings is 1. The van der Waals surface area contributed by atoms with Crippen molar-refractivity contribution >= 4 is 23.2 Å². The van der Waals surface area contributed by atoms with Gasteiger partial charge in [0.2, 0.25) is 0 Å². The predicted molar refractivity (Wildman–Crippen MR) is 89.1 cm³/mol. The Morgan fingerprint density at radius 3 is 2.82 bits per heavy atom. The van der Waals surface area contributed by atoms with Gasteiger partial charge in [-0.3, -0.25) is 0 Å². The van der Waals surface area contributed by atoms with Crippen LogP contribution in [0.3, 0.4) is 0 Å². The average Bonchev–Trinajstić information content (AvgIpc) is 3.24. The number of aromatic nitrogens is 1. The first kappa shape index (κ1) is 14.8. The molecule has 0 saturated carbocycles. The number of urea groups is 1. The molecule has 0 bridgehead atoms. The smallest absolute Gasteiger partial charge is 0.315 e. The van der Waals surface area contributed by atoms with E-state index in [2.05, 4.69) is 26.6 Å². The first-order valence-electron chi connectivity index (χ1n) is 7.55. The highest BCUT2D eigenvalue weighted by molar-refractivity contribution is 7.09. The number of nitrogens with zero attached hydrogens (tertiary/aromatic N) is 2. The van der Waals surface area contributed by atoms with E-state index in [1.165, 1.54) is 12.8 Å². The zero-order valence-electron chi connectivity index (χ0n) is 12.4. The third-order valence-corrected chi connectivity index (χ3v) is 4.57. The lowest BCUT2D eigenvalue weighted by Crippen LogP contribution is -2.34. The van der Waals surface area contributed by atoms with Crippen LogP contribution < -0.4 is 15.5 Å². The second-order valence-electron chi connectivity index (χ2n) is 5.33. The minimum atomic E-state index is -0.145. The fraction of sp³-hybridized carbons (Fsp3) is 0.375. The summed E-state index contributed by atoms with van der Waals surface area (Å²) in [5.74, 6) is 1.01. The van der Waals surface area contributed by atoms with Crippen LogP contribution in [0, 0.1) is 0 Å². The summed E-state index contributed by atoms with van der Waals surface area (Å²) >= 11 is 1.64. The van der Waals surface area contributed by atoms with Crippen LogP contribution in [0.25, 0.3) is 0 Å². The Labute approximate surface area is 134 Å². The quantitative estimate of drug-likeness (QED) is 0.892. The largest absolute Gasteiger partial charge is 0.357 e. The van der Waals surface area contributed by atoms with Crippen molar-refractivity contribution in [3.05, 3.63) is 46.3 Å². The molecule has 0 aromatic carbocycles. The second-order valence-corrected chi connectivity index (χ2v) is 6.36. The summed E-state index contributed by atoms with van der Waals surface area (Å²) in [5, 5.41) is 7.75. The maximum Gasteiger partial charge on any atom is 0.315 e. The summed E-state index contributed by atoms with van der Waals surface area (Å²) in [4.78, 5) is 19.7. The van der Waals surface area contributed by atoms with Crippen molar-refractivity contribution in [2.24, 2.45) is 0 Å². The lowest BCUT2D eigenvalue weighted by molar-refractivity contribution is 0.240. The molecule has 2 aromatic rings. The third-order valence-electron chi connectivity index (χ3n) is 3.70. The van der Waals surface area contributed by atoms with Gasteiger partial charge in [0.25, 0.3) is 0 Å². The number of carbonyl (C=O) groups excluding carboxylic acids is 1. The van der Waals surface area contributed by atoms with Crippen molar-refractivity contribution < 1.29 is 4.79 Å². The summed E-state index contributed by atoms with van der Waals surface area (Å²) < 4.78 is 0. The van der Waals surface area contributed by atoms with E-state index in [1.807, 2.05) is 29.8 Å². The number of anilines is 1. The molecule has 3 heterocycles. The minimum Gasteiger partial charge on any atom is -0.357 e. The van der Waals surface area contributed by atoms with Gasteiger partial charge in [0, 0.05) is 30.7 Å². The second kappa shape index (κ2) is 7.26. The Kier molecular flexibility index (Phi) is 4.90. The zero-order chi connectivity index (χ0) is 15.2. The Morgan fingerprint density at radius 1 is 1.23 bits per heavy atom. The van der Waals surface area contributed by atoms with Gasteiger partial charge in [0.15, 0.2) is 0 Å². The molecule has 0 unspecified atom stereocenters. The number of nitrogens with one attached hydrogen (secondary N) is 2. The first-order chi connectivity index (χ1) is 10.8. The topological polar surface area (TPSA) is 57.3 Å². The molecule has 1 aliphatic heterocycles. The highest BCUT2D eigenvalue weighted by Gasteiger charge is 2.13. The summed E-state index contributed by atoms with van der Waals surface area (Å²) in [6.07, 6.45) is 4.28. The molecule has 22 heavy (non-hydrogen) atoms. The maximum absolute atomic E-state index is 11.8. The van der Waals surface area contributed by atoms with E-state index in [-0.39, 0.29) is 6.03 Å². The normalized spacial score (nSPS) is 14.1. The van der Waals surface area contributed by atoms with E-state index >= 15 is 0 Å². The molecule has 0 radical (unpaired) electrons. The van der Waals surface area contributed by atoms with Gasteiger partial charge in [0.05, 0.1) is 6.54 Å². The van der Waals surface area contributed by atoms with Crippen molar-refractivity contribution in [3.8, 4) is 0 Å². The van der Waals surface area contributed by atoms with Gasteiger partial charge in [0.1, 0.15) is 5.82 Å². The van der Waals surface area contributed by atoms with Crippen LogP contribution in [0.2, 0.25) is 0 Å². The van der Waals surface area contributed by atoms with Crippen molar-refractivity contribution in [3.63, 3.8) is 0 Å². The molecule has 1 fully saturated rings. The van der Waals surface area contributed by atoms with E-state index in [0.717, 1.165) is 29.3 Å². The predicted octanol–water partition coefficient (Wildman–Crippen LogP) is 2.74. The number of hydrogen-bond acceptors (Lipinski definition) is 4. The minimum absolute atomic E-state index is 0.145. The molecule has 0 aliphatic carbocycles. The van der Waals surface area contributed by atoms with Gasteiger partial charge in [-0.2, -0.15) is 0 Å². The molecule has 1 saturated heterocycles. The number of carbonyl (C=O) groups is 1. The number of hydrogen-bond donors (Lipinski definition) is 2. The fourth-order valence-electron chi connectivity index (χ4n) is 2.52. The van der Waals surface area contributed by atoms with Crippen LogP contribution in [0.5, 0.6) is 0 Å². The molecular weight excluding hydrogens is 296 g/mol. The van der Waals surface area contributed by atoms with Crippen molar-refractivity contribution in [1.29, 1.82) is 0 Å². The molecule has 5 nitrogen and oxygen atoms in total. The van der Waals surface area contributed by atoms with Crippen LogP contribution in [-0.4, -0.2) is 24.1 Å².